The van der Waals surface area contributed by atoms with Crippen LogP contribution >= 0.6 is 0 Å². The van der Waals surface area contributed by atoms with Gasteiger partial charge in [-0.2, -0.15) is 0 Å². The maximum absolute atomic E-state index is 5.06. The summed E-state index contributed by atoms with van der Waals surface area (Å²) in [6.07, 6.45) is 2.98. The number of piperidine rings is 1. The van der Waals surface area contributed by atoms with E-state index in [1.54, 1.807) is 6.08 Å². The fourth-order valence-corrected chi connectivity index (χ4v) is 1.88. The van der Waals surface area contributed by atoms with Gasteiger partial charge in [0.05, 0.1) is 5.71 Å². The Kier molecular flexibility index (Phi) is 2.13. The van der Waals surface area contributed by atoms with E-state index in [9.17, 15) is 0 Å². The summed E-state index contributed by atoms with van der Waals surface area (Å²) in [7, 11) is 0. The molecule has 0 aromatic carbocycles. The van der Waals surface area contributed by atoms with Gasteiger partial charge in [0.2, 0.25) is 0 Å². The smallest absolute Gasteiger partial charge is 0.135 e. The zero-order valence-corrected chi connectivity index (χ0v) is 7.20. The van der Waals surface area contributed by atoms with E-state index < -0.39 is 0 Å². The van der Waals surface area contributed by atoms with Gasteiger partial charge in [-0.25, -0.2) is 0 Å². The summed E-state index contributed by atoms with van der Waals surface area (Å²) in [5.41, 5.74) is 1.23. The Morgan fingerprint density at radius 2 is 2.67 bits per heavy atom. The van der Waals surface area contributed by atoms with Crippen molar-refractivity contribution in [2.75, 3.05) is 26.2 Å². The lowest BCUT2D eigenvalue weighted by molar-refractivity contribution is 0.172. The number of hydrogen-bond donors (Lipinski definition) is 0. The second-order valence-electron chi connectivity index (χ2n) is 3.39. The molecule has 2 unspecified atom stereocenters. The molecule has 2 aliphatic heterocycles. The second-order valence-corrected chi connectivity index (χ2v) is 3.39. The number of nitrogens with zero attached hydrogens (tertiary/aromatic N) is 2. The molecule has 0 radical (unpaired) electrons. The monoisotopic (exact) mass is 166 g/mol. The van der Waals surface area contributed by atoms with Crippen LogP contribution < -0.4 is 0 Å². The molecule has 12 heavy (non-hydrogen) atoms. The summed E-state index contributed by atoms with van der Waals surface area (Å²) in [6.45, 7) is 7.54. The largest absolute Gasteiger partial charge is 0.392 e. The first-order chi connectivity index (χ1) is 5.90. The quantitative estimate of drug-likeness (QED) is 0.353. The minimum atomic E-state index is 0.524. The molecule has 0 aliphatic carbocycles. The summed E-state index contributed by atoms with van der Waals surface area (Å²) in [6, 6.07) is 0. The Labute approximate surface area is 72.7 Å². The van der Waals surface area contributed by atoms with E-state index >= 15 is 0 Å². The predicted molar refractivity (Wildman–Crippen MR) is 48.1 cm³/mol. The normalized spacial score (nSPS) is 35.8. The fourth-order valence-electron chi connectivity index (χ4n) is 1.88. The van der Waals surface area contributed by atoms with Gasteiger partial charge >= 0.3 is 0 Å². The van der Waals surface area contributed by atoms with Crippen molar-refractivity contribution in [3.8, 4) is 0 Å². The predicted octanol–water partition coefficient (Wildman–Crippen LogP) is 0.880. The van der Waals surface area contributed by atoms with E-state index in [1.807, 2.05) is 0 Å². The van der Waals surface area contributed by atoms with Crippen LogP contribution in [-0.4, -0.2) is 36.9 Å². The maximum atomic E-state index is 5.06. The van der Waals surface area contributed by atoms with Crippen molar-refractivity contribution >= 4 is 5.71 Å². The molecule has 2 heterocycles. The number of rotatable bonds is 3. The molecule has 2 fully saturated rings. The summed E-state index contributed by atoms with van der Waals surface area (Å²) in [4.78, 5) is 7.48. The van der Waals surface area contributed by atoms with Crippen LogP contribution in [0, 0.1) is 5.92 Å². The summed E-state index contributed by atoms with van der Waals surface area (Å²) in [5, 5.41) is 4.10. The molecule has 0 N–H and O–H groups in total. The molecule has 66 valence electrons. The Morgan fingerprint density at radius 3 is 3.25 bits per heavy atom. The van der Waals surface area contributed by atoms with Gasteiger partial charge in [0, 0.05) is 19.0 Å². The van der Waals surface area contributed by atoms with Crippen molar-refractivity contribution in [1.82, 2.24) is 4.90 Å². The molecular weight excluding hydrogens is 152 g/mol. The van der Waals surface area contributed by atoms with Crippen molar-refractivity contribution in [1.29, 1.82) is 0 Å². The van der Waals surface area contributed by atoms with Gasteiger partial charge in [-0.3, -0.25) is 4.90 Å². The Morgan fingerprint density at radius 1 is 1.75 bits per heavy atom. The first-order valence-corrected chi connectivity index (χ1v) is 4.42. The van der Waals surface area contributed by atoms with Gasteiger partial charge in [0.15, 0.2) is 0 Å². The van der Waals surface area contributed by atoms with Gasteiger partial charge in [-0.1, -0.05) is 17.8 Å². The zero-order valence-electron chi connectivity index (χ0n) is 7.20. The molecule has 0 aromatic heterocycles. The molecule has 0 spiro atoms. The van der Waals surface area contributed by atoms with Crippen LogP contribution in [0.15, 0.2) is 17.8 Å². The van der Waals surface area contributed by atoms with Gasteiger partial charge in [0.25, 0.3) is 0 Å². The van der Waals surface area contributed by atoms with Crippen molar-refractivity contribution in [2.45, 2.75) is 6.42 Å². The molecule has 2 aliphatic rings. The SMILES string of the molecule is C=CCO/N=C1\CN2CCC1C2. The highest BCUT2D eigenvalue weighted by atomic mass is 16.6. The van der Waals surface area contributed by atoms with Gasteiger partial charge < -0.3 is 4.84 Å². The topological polar surface area (TPSA) is 24.8 Å². The van der Waals surface area contributed by atoms with Gasteiger partial charge in [-0.05, 0) is 13.0 Å². The van der Waals surface area contributed by atoms with Crippen LogP contribution in [0.25, 0.3) is 0 Å². The molecule has 2 bridgehead atoms. The van der Waals surface area contributed by atoms with E-state index in [-0.39, 0.29) is 0 Å². The number of oxime groups is 1. The lowest BCUT2D eigenvalue weighted by Gasteiger charge is -2.12. The molecule has 2 atom stereocenters. The lowest BCUT2D eigenvalue weighted by atomic mass is 10.0. The molecular formula is C9H14N2O. The summed E-state index contributed by atoms with van der Waals surface area (Å²) in [5.74, 6) is 0.676. The first kappa shape index (κ1) is 7.80. The van der Waals surface area contributed by atoms with E-state index in [4.69, 9.17) is 4.84 Å². The summed E-state index contributed by atoms with van der Waals surface area (Å²) < 4.78 is 0. The van der Waals surface area contributed by atoms with Crippen LogP contribution in [0.5, 0.6) is 0 Å². The average Bonchev–Trinajstić information content (AvgIpc) is 2.65. The highest BCUT2D eigenvalue weighted by Crippen LogP contribution is 2.25. The highest BCUT2D eigenvalue weighted by molar-refractivity contribution is 5.91. The Balaban J connectivity index is 1.88. The van der Waals surface area contributed by atoms with Crippen LogP contribution in [-0.2, 0) is 4.84 Å². The highest BCUT2D eigenvalue weighted by Gasteiger charge is 2.35. The molecule has 2 rings (SSSR count). The van der Waals surface area contributed by atoms with Gasteiger partial charge in [0.1, 0.15) is 6.61 Å². The van der Waals surface area contributed by atoms with Crippen LogP contribution in [0.2, 0.25) is 0 Å². The Hall–Kier alpha value is -0.830. The Bertz CT molecular complexity index is 213. The minimum absolute atomic E-state index is 0.524. The third kappa shape index (κ3) is 1.37. The molecule has 0 amide bonds. The van der Waals surface area contributed by atoms with Crippen molar-refractivity contribution in [2.24, 2.45) is 11.1 Å². The van der Waals surface area contributed by atoms with Crippen LogP contribution in [0.4, 0.5) is 0 Å². The third-order valence-electron chi connectivity index (χ3n) is 2.50. The molecule has 3 heteroatoms. The van der Waals surface area contributed by atoms with E-state index in [1.165, 1.54) is 25.2 Å². The maximum Gasteiger partial charge on any atom is 0.135 e. The van der Waals surface area contributed by atoms with E-state index in [0.29, 0.717) is 12.5 Å². The summed E-state index contributed by atoms with van der Waals surface area (Å²) >= 11 is 0. The van der Waals surface area contributed by atoms with Gasteiger partial charge in [-0.15, -0.1) is 0 Å². The van der Waals surface area contributed by atoms with Crippen molar-refractivity contribution in [3.63, 3.8) is 0 Å². The number of hydrogen-bond acceptors (Lipinski definition) is 3. The number of fused-ring (bicyclic) bond motifs is 2. The molecule has 2 saturated heterocycles. The van der Waals surface area contributed by atoms with Crippen molar-refractivity contribution < 1.29 is 4.84 Å². The molecule has 0 saturated carbocycles. The standard InChI is InChI=1S/C9H14N2O/c1-2-5-12-10-9-7-11-4-3-8(9)6-11/h2,8H,1,3-7H2/b10-9+. The second kappa shape index (κ2) is 3.27. The molecule has 0 aromatic rings. The van der Waals surface area contributed by atoms with Crippen LogP contribution in [0.1, 0.15) is 6.42 Å². The fraction of sp³-hybridized carbons (Fsp3) is 0.667. The lowest BCUT2D eigenvalue weighted by Crippen LogP contribution is -2.23. The minimum Gasteiger partial charge on any atom is -0.392 e. The molecule has 3 nitrogen and oxygen atoms in total. The van der Waals surface area contributed by atoms with Crippen LogP contribution in [0.3, 0.4) is 0 Å². The van der Waals surface area contributed by atoms with E-state index in [0.717, 1.165) is 6.54 Å². The zero-order chi connectivity index (χ0) is 8.39. The van der Waals surface area contributed by atoms with Crippen molar-refractivity contribution in [3.05, 3.63) is 12.7 Å². The van der Waals surface area contributed by atoms with E-state index in [2.05, 4.69) is 16.6 Å². The average molecular weight is 166 g/mol. The third-order valence-corrected chi connectivity index (χ3v) is 2.50. The first-order valence-electron chi connectivity index (χ1n) is 4.42.